The van der Waals surface area contributed by atoms with E-state index in [0.29, 0.717) is 56.4 Å². The van der Waals surface area contributed by atoms with E-state index < -0.39 is 49.2 Å². The van der Waals surface area contributed by atoms with Gasteiger partial charge < -0.3 is 46.3 Å². The van der Waals surface area contributed by atoms with Crippen LogP contribution in [0.1, 0.15) is 95.2 Å². The van der Waals surface area contributed by atoms with Crippen molar-refractivity contribution in [2.45, 2.75) is 82.7 Å². The number of hydrogen-bond acceptors (Lipinski definition) is 14. The van der Waals surface area contributed by atoms with Gasteiger partial charge in [-0.1, -0.05) is 39.5 Å². The zero-order valence-corrected chi connectivity index (χ0v) is 43.6. The maximum Gasteiger partial charge on any atom is 0.534 e. The first kappa shape index (κ1) is 57.5. The third kappa shape index (κ3) is 13.4. The van der Waals surface area contributed by atoms with Crippen molar-refractivity contribution in [3.8, 4) is 57.5 Å². The van der Waals surface area contributed by atoms with Crippen molar-refractivity contribution >= 4 is 20.2 Å². The van der Waals surface area contributed by atoms with Crippen molar-refractivity contribution in [2.75, 3.05) is 56.9 Å². The van der Waals surface area contributed by atoms with E-state index in [4.69, 9.17) is 46.3 Å². The van der Waals surface area contributed by atoms with E-state index in [0.717, 1.165) is 12.1 Å². The van der Waals surface area contributed by atoms with Gasteiger partial charge in [-0.15, -0.1) is 0 Å². The lowest BCUT2D eigenvalue weighted by molar-refractivity contribution is -0.0505. The summed E-state index contributed by atoms with van der Waals surface area (Å²) in [4.78, 5) is 0. The zero-order chi connectivity index (χ0) is 54.1. The van der Waals surface area contributed by atoms with Gasteiger partial charge in [0.2, 0.25) is 0 Å². The summed E-state index contributed by atoms with van der Waals surface area (Å²) in [6.07, 6.45) is 4.76. The van der Waals surface area contributed by atoms with Crippen molar-refractivity contribution in [3.05, 3.63) is 116 Å². The first-order chi connectivity index (χ1) is 34.4. The molecule has 0 saturated heterocycles. The van der Waals surface area contributed by atoms with Gasteiger partial charge in [0.1, 0.15) is 57.5 Å². The van der Waals surface area contributed by atoms with Gasteiger partial charge in [0.05, 0.1) is 56.9 Å². The van der Waals surface area contributed by atoms with Gasteiger partial charge in [0.25, 0.3) is 0 Å². The SMILES string of the molecule is CCCCCC.COc1cc2c(OC)cc1Cc1cc(OC)c(cc1OC)Cc1cc(OC)c(cc1OS(=O)(=O)C(F)(F)F)Cc1cc(OS(=O)(=O)C(F)(F)F)c(cc1OC)Cc1cc(OC)c(cc1OC)C2. The van der Waals surface area contributed by atoms with Crippen molar-refractivity contribution < 1.29 is 89.4 Å². The number of unbranched alkanes of at least 4 members (excludes halogenated alkanes) is 3. The van der Waals surface area contributed by atoms with Gasteiger partial charge in [0.15, 0.2) is 0 Å². The van der Waals surface area contributed by atoms with Gasteiger partial charge >= 0.3 is 31.3 Å². The third-order valence-corrected chi connectivity index (χ3v) is 13.7. The second-order valence-electron chi connectivity index (χ2n) is 16.5. The molecule has 10 aliphatic rings. The molecule has 5 aromatic rings. The number of methoxy groups -OCH3 is 8. The van der Waals surface area contributed by atoms with Crippen molar-refractivity contribution in [2.24, 2.45) is 0 Å². The topological polar surface area (TPSA) is 161 Å². The molecule has 0 aromatic heterocycles. The molecule has 0 aliphatic heterocycles. The minimum Gasteiger partial charge on any atom is -0.496 e. The lowest BCUT2D eigenvalue weighted by Crippen LogP contribution is -2.28. The van der Waals surface area contributed by atoms with Crippen LogP contribution in [0.2, 0.25) is 0 Å². The average Bonchev–Trinajstić information content (AvgIpc) is 3.34. The lowest BCUT2D eigenvalue weighted by atomic mass is 9.94. The molecule has 0 atom stereocenters. The molecule has 0 spiro atoms. The molecule has 0 amide bonds. The first-order valence-corrected chi connectivity index (χ1v) is 25.4. The molecule has 0 unspecified atom stereocenters. The Morgan fingerprint density at radius 2 is 0.479 bits per heavy atom. The third-order valence-electron chi connectivity index (χ3n) is 11.8. The van der Waals surface area contributed by atoms with E-state index in [9.17, 15) is 43.2 Å². The molecule has 10 bridgehead atoms. The highest BCUT2D eigenvalue weighted by Gasteiger charge is 2.50. The van der Waals surface area contributed by atoms with E-state index in [1.807, 2.05) is 0 Å². The molecule has 0 heterocycles. The Labute approximate surface area is 421 Å². The van der Waals surface area contributed by atoms with E-state index >= 15 is 0 Å². The molecule has 10 aliphatic carbocycles. The van der Waals surface area contributed by atoms with Gasteiger partial charge in [-0.25, -0.2) is 0 Å². The van der Waals surface area contributed by atoms with Crippen molar-refractivity contribution in [3.63, 3.8) is 0 Å². The molecule has 0 saturated carbocycles. The summed E-state index contributed by atoms with van der Waals surface area (Å²) in [5, 5.41) is 0. The number of alkyl halides is 6. The van der Waals surface area contributed by atoms with E-state index in [2.05, 4.69) is 13.8 Å². The first-order valence-electron chi connectivity index (χ1n) is 22.6. The summed E-state index contributed by atoms with van der Waals surface area (Å²) < 4.78 is 189. The summed E-state index contributed by atoms with van der Waals surface area (Å²) in [7, 11) is -1.75. The zero-order valence-electron chi connectivity index (χ0n) is 41.9. The highest BCUT2D eigenvalue weighted by Crippen LogP contribution is 2.44. The number of rotatable bonds is 15. The van der Waals surface area contributed by atoms with Gasteiger partial charge in [-0.3, -0.25) is 0 Å². The van der Waals surface area contributed by atoms with Gasteiger partial charge in [-0.2, -0.15) is 43.2 Å². The maximum absolute atomic E-state index is 13.9. The normalized spacial score (nSPS) is 12.8. The fourth-order valence-corrected chi connectivity index (χ4v) is 9.11. The summed E-state index contributed by atoms with van der Waals surface area (Å²) in [5.74, 6) is 0.181. The molecular weight excluding hydrogens is 1010 g/mol. The Morgan fingerprint density at radius 1 is 0.329 bits per heavy atom. The number of hydrogen-bond donors (Lipinski definition) is 0. The maximum atomic E-state index is 13.9. The highest BCUT2D eigenvalue weighted by atomic mass is 32.2. The predicted molar refractivity (Wildman–Crippen MR) is 260 cm³/mol. The fraction of sp³-hybridized carbons (Fsp3) is 0.412. The summed E-state index contributed by atoms with van der Waals surface area (Å²) >= 11 is 0. The predicted octanol–water partition coefficient (Wildman–Crippen LogP) is 11.1. The molecule has 73 heavy (non-hydrogen) atoms. The van der Waals surface area contributed by atoms with Crippen LogP contribution in [0, 0.1) is 0 Å². The number of halogens is 6. The Hall–Kier alpha value is -6.42. The molecule has 15 rings (SSSR count). The molecular formula is C51H58F6O14S2. The summed E-state index contributed by atoms with van der Waals surface area (Å²) in [5.41, 5.74) is -9.14. The molecule has 0 radical (unpaired) electrons. The molecule has 14 nitrogen and oxygen atoms in total. The highest BCUT2D eigenvalue weighted by molar-refractivity contribution is 7.88. The molecule has 0 N–H and O–H groups in total. The standard InChI is InChI=1S/C45H44F6O14S2.C6H14/c1-56-34-14-25-10-27-17-39(61-6)29(19-37(27)59-4)13-33-21-41(63-8)31(23-43(33)65-67(54,55)45(49,50)51)11-30-22-42(64-66(52,53)44(46,47)48)32(20-40(30)62-7)12-28-18-36(58-3)26(16-38(28)60-5)9-24(34)15-35(25)57-2;1-3-5-6-4-2/h14-23H,9-13H2,1-8H3;3-6H2,1-2H3. The van der Waals surface area contributed by atoms with Crippen LogP contribution >= 0.6 is 0 Å². The summed E-state index contributed by atoms with van der Waals surface area (Å²) in [6, 6.07) is 14.2. The Balaban J connectivity index is 0.00000155. The van der Waals surface area contributed by atoms with Gasteiger partial charge in [0, 0.05) is 87.7 Å². The van der Waals surface area contributed by atoms with E-state index in [1.165, 1.54) is 94.7 Å². The second-order valence-corrected chi connectivity index (χ2v) is 19.6. The van der Waals surface area contributed by atoms with Crippen molar-refractivity contribution in [1.29, 1.82) is 0 Å². The van der Waals surface area contributed by atoms with Crippen LogP contribution in [-0.2, 0) is 52.3 Å². The van der Waals surface area contributed by atoms with E-state index in [1.54, 1.807) is 36.4 Å². The monoisotopic (exact) mass is 1070 g/mol. The molecule has 400 valence electrons. The largest absolute Gasteiger partial charge is 0.534 e. The van der Waals surface area contributed by atoms with Crippen LogP contribution in [0.15, 0.2) is 60.7 Å². The van der Waals surface area contributed by atoms with Crippen LogP contribution in [0.25, 0.3) is 0 Å². The molecule has 22 heteroatoms. The summed E-state index contributed by atoms with van der Waals surface area (Å²) in [6.45, 7) is 4.46. The molecule has 5 aromatic carbocycles. The van der Waals surface area contributed by atoms with Crippen LogP contribution in [0.3, 0.4) is 0 Å². The quantitative estimate of drug-likeness (QED) is 0.0413. The lowest BCUT2D eigenvalue weighted by Gasteiger charge is -2.21. The van der Waals surface area contributed by atoms with Gasteiger partial charge in [-0.05, 0) is 60.7 Å². The minimum atomic E-state index is -6.31. The van der Waals surface area contributed by atoms with Crippen LogP contribution < -0.4 is 46.3 Å². The van der Waals surface area contributed by atoms with Crippen molar-refractivity contribution in [1.82, 2.24) is 0 Å². The fourth-order valence-electron chi connectivity index (χ4n) is 8.13. The number of benzene rings is 5. The molecule has 0 fully saturated rings. The van der Waals surface area contributed by atoms with Crippen LogP contribution in [0.5, 0.6) is 57.5 Å². The smallest absolute Gasteiger partial charge is 0.496 e. The Kier molecular flexibility index (Phi) is 19.0. The number of ether oxygens (including phenoxy) is 8. The van der Waals surface area contributed by atoms with Crippen LogP contribution in [0.4, 0.5) is 26.3 Å². The second kappa shape index (κ2) is 24.1. The Morgan fingerprint density at radius 3 is 0.616 bits per heavy atom. The average molecular weight is 1070 g/mol. The van der Waals surface area contributed by atoms with E-state index in [-0.39, 0.29) is 70.9 Å². The Bertz CT molecular complexity index is 2780. The minimum absolute atomic E-state index is 0.0576. The van der Waals surface area contributed by atoms with Crippen LogP contribution in [-0.4, -0.2) is 84.7 Å².